The molecule has 8 heteroatoms. The van der Waals surface area contributed by atoms with E-state index in [-0.39, 0.29) is 5.91 Å². The molecule has 0 aliphatic rings. The average molecular weight is 395 g/mol. The lowest BCUT2D eigenvalue weighted by Crippen LogP contribution is -2.23. The molecule has 0 aliphatic heterocycles. The van der Waals surface area contributed by atoms with Crippen LogP contribution in [0.1, 0.15) is 15.9 Å². The summed E-state index contributed by atoms with van der Waals surface area (Å²) in [7, 11) is 0. The zero-order valence-corrected chi connectivity index (χ0v) is 15.9. The summed E-state index contributed by atoms with van der Waals surface area (Å²) < 4.78 is 3.57. The summed E-state index contributed by atoms with van der Waals surface area (Å²) in [5.41, 5.74) is 3.30. The topological polar surface area (TPSA) is 90.5 Å². The largest absolute Gasteiger partial charge is 0.348 e. The van der Waals surface area contributed by atoms with E-state index in [1.165, 1.54) is 6.20 Å². The Morgan fingerprint density at radius 3 is 2.53 bits per heavy atom. The first kappa shape index (κ1) is 17.7. The molecule has 0 saturated carbocycles. The molecule has 0 unspecified atom stereocenters. The van der Waals surface area contributed by atoms with E-state index in [2.05, 4.69) is 25.4 Å². The maximum atomic E-state index is 12.4. The fraction of sp³-hybridized carbons (Fsp3) is 0.0455. The molecule has 0 aliphatic carbocycles. The van der Waals surface area contributed by atoms with E-state index in [1.807, 2.05) is 47.0 Å². The van der Waals surface area contributed by atoms with Crippen molar-refractivity contribution >= 4 is 16.9 Å². The van der Waals surface area contributed by atoms with Crippen LogP contribution in [0.2, 0.25) is 0 Å². The Morgan fingerprint density at radius 1 is 0.900 bits per heavy atom. The average Bonchev–Trinajstić information content (AvgIpc) is 3.48. The van der Waals surface area contributed by atoms with Crippen LogP contribution in [0, 0.1) is 0 Å². The molecule has 1 aromatic carbocycles. The number of benzene rings is 1. The second-order valence-electron chi connectivity index (χ2n) is 6.67. The molecule has 4 aromatic heterocycles. The Bertz CT molecular complexity index is 1290. The van der Waals surface area contributed by atoms with Crippen molar-refractivity contribution < 1.29 is 4.79 Å². The number of para-hydroxylation sites is 2. The monoisotopic (exact) mass is 395 g/mol. The maximum Gasteiger partial charge on any atom is 0.253 e. The van der Waals surface area contributed by atoms with Crippen molar-refractivity contribution in [1.29, 1.82) is 0 Å². The summed E-state index contributed by atoms with van der Waals surface area (Å²) in [5.74, 6) is 1.24. The highest BCUT2D eigenvalue weighted by atomic mass is 16.1. The van der Waals surface area contributed by atoms with Gasteiger partial charge in [0.25, 0.3) is 5.91 Å². The van der Waals surface area contributed by atoms with Crippen molar-refractivity contribution in [1.82, 2.24) is 34.6 Å². The number of amides is 1. The van der Waals surface area contributed by atoms with Crippen LogP contribution in [0.15, 0.2) is 85.7 Å². The van der Waals surface area contributed by atoms with Gasteiger partial charge in [0.2, 0.25) is 0 Å². The molecule has 0 fully saturated rings. The summed E-state index contributed by atoms with van der Waals surface area (Å²) >= 11 is 0. The maximum absolute atomic E-state index is 12.4. The number of nitrogens with one attached hydrogen (secondary N) is 1. The second-order valence-corrected chi connectivity index (χ2v) is 6.67. The van der Waals surface area contributed by atoms with Gasteiger partial charge in [0.15, 0.2) is 5.82 Å². The minimum atomic E-state index is -0.195. The van der Waals surface area contributed by atoms with Crippen LogP contribution in [0.5, 0.6) is 0 Å². The lowest BCUT2D eigenvalue weighted by Gasteiger charge is -2.08. The summed E-state index contributed by atoms with van der Waals surface area (Å²) in [6, 6.07) is 17.1. The molecule has 1 N–H and O–H groups in total. The van der Waals surface area contributed by atoms with Crippen LogP contribution in [-0.2, 0) is 6.54 Å². The van der Waals surface area contributed by atoms with Crippen molar-refractivity contribution in [3.8, 4) is 11.6 Å². The Kier molecular flexibility index (Phi) is 4.49. The van der Waals surface area contributed by atoms with Gasteiger partial charge in [-0.25, -0.2) is 19.6 Å². The number of imidazole rings is 1. The van der Waals surface area contributed by atoms with Gasteiger partial charge in [0, 0.05) is 31.3 Å². The SMILES string of the molecule is O=C(NCc1ccc(-n2cnc3ccccc32)nc1)c1ccc(-n2cccn2)nc1. The fourth-order valence-electron chi connectivity index (χ4n) is 3.15. The van der Waals surface area contributed by atoms with Crippen LogP contribution >= 0.6 is 0 Å². The Morgan fingerprint density at radius 2 is 1.77 bits per heavy atom. The second kappa shape index (κ2) is 7.59. The highest BCUT2D eigenvalue weighted by molar-refractivity contribution is 5.93. The van der Waals surface area contributed by atoms with E-state index >= 15 is 0 Å². The fourth-order valence-corrected chi connectivity index (χ4v) is 3.15. The van der Waals surface area contributed by atoms with Crippen molar-refractivity contribution in [2.45, 2.75) is 6.54 Å². The number of pyridine rings is 2. The smallest absolute Gasteiger partial charge is 0.253 e. The summed E-state index contributed by atoms with van der Waals surface area (Å²) in [5, 5.41) is 7.01. The third-order valence-corrected chi connectivity index (χ3v) is 4.71. The number of carbonyl (C=O) groups excluding carboxylic acids is 1. The predicted octanol–water partition coefficient (Wildman–Crippen LogP) is 2.93. The Hall–Kier alpha value is -4.33. The van der Waals surface area contributed by atoms with E-state index in [1.54, 1.807) is 41.7 Å². The van der Waals surface area contributed by atoms with E-state index in [0.717, 1.165) is 22.4 Å². The third-order valence-electron chi connectivity index (χ3n) is 4.71. The highest BCUT2D eigenvalue weighted by Crippen LogP contribution is 2.16. The standard InChI is InChI=1S/C22H17N7O/c30-22(17-7-9-21(24-14-17)29-11-3-10-27-29)25-13-16-6-8-20(23-12-16)28-15-26-18-4-1-2-5-19(18)28/h1-12,14-15H,13H2,(H,25,30). The highest BCUT2D eigenvalue weighted by Gasteiger charge is 2.08. The zero-order chi connectivity index (χ0) is 20.3. The number of rotatable bonds is 5. The van der Waals surface area contributed by atoms with Gasteiger partial charge in [-0.05, 0) is 42.0 Å². The summed E-state index contributed by atoms with van der Waals surface area (Å²) in [6.45, 7) is 0.373. The first-order valence-electron chi connectivity index (χ1n) is 9.39. The number of hydrogen-bond donors (Lipinski definition) is 1. The van der Waals surface area contributed by atoms with Crippen LogP contribution < -0.4 is 5.32 Å². The molecular formula is C22H17N7O. The quantitative estimate of drug-likeness (QED) is 0.494. The summed E-state index contributed by atoms with van der Waals surface area (Å²) in [6.07, 6.45) is 8.53. The van der Waals surface area contributed by atoms with Crippen LogP contribution in [0.25, 0.3) is 22.7 Å². The Labute approximate surface area is 171 Å². The van der Waals surface area contributed by atoms with Gasteiger partial charge in [-0.2, -0.15) is 5.10 Å². The van der Waals surface area contributed by atoms with Gasteiger partial charge >= 0.3 is 0 Å². The van der Waals surface area contributed by atoms with E-state index < -0.39 is 0 Å². The van der Waals surface area contributed by atoms with E-state index in [0.29, 0.717) is 17.9 Å². The van der Waals surface area contributed by atoms with Crippen LogP contribution in [-0.4, -0.2) is 35.2 Å². The molecule has 146 valence electrons. The number of nitrogens with zero attached hydrogens (tertiary/aromatic N) is 6. The van der Waals surface area contributed by atoms with Crippen molar-refractivity contribution in [3.05, 3.63) is 96.8 Å². The van der Waals surface area contributed by atoms with E-state index in [9.17, 15) is 4.79 Å². The van der Waals surface area contributed by atoms with Crippen molar-refractivity contribution in [2.24, 2.45) is 0 Å². The zero-order valence-electron chi connectivity index (χ0n) is 15.9. The molecule has 0 spiro atoms. The minimum absolute atomic E-state index is 0.195. The molecule has 5 aromatic rings. The molecule has 0 radical (unpaired) electrons. The number of hydrogen-bond acceptors (Lipinski definition) is 5. The molecule has 5 rings (SSSR count). The normalized spacial score (nSPS) is 10.9. The number of aromatic nitrogens is 6. The molecule has 0 atom stereocenters. The van der Waals surface area contributed by atoms with Gasteiger partial charge in [0.05, 0.1) is 16.6 Å². The first-order valence-corrected chi connectivity index (χ1v) is 9.39. The van der Waals surface area contributed by atoms with Gasteiger partial charge in [-0.15, -0.1) is 0 Å². The lowest BCUT2D eigenvalue weighted by molar-refractivity contribution is 0.0950. The van der Waals surface area contributed by atoms with Gasteiger partial charge in [-0.3, -0.25) is 9.36 Å². The molecule has 4 heterocycles. The predicted molar refractivity (Wildman–Crippen MR) is 111 cm³/mol. The van der Waals surface area contributed by atoms with Gasteiger partial charge in [0.1, 0.15) is 12.1 Å². The van der Waals surface area contributed by atoms with Crippen molar-refractivity contribution in [3.63, 3.8) is 0 Å². The van der Waals surface area contributed by atoms with Gasteiger partial charge < -0.3 is 5.32 Å². The third kappa shape index (κ3) is 3.42. The Balaban J connectivity index is 1.25. The van der Waals surface area contributed by atoms with Crippen molar-refractivity contribution in [2.75, 3.05) is 0 Å². The van der Waals surface area contributed by atoms with E-state index in [4.69, 9.17) is 0 Å². The number of fused-ring (bicyclic) bond motifs is 1. The molecule has 0 bridgehead atoms. The molecule has 8 nitrogen and oxygen atoms in total. The molecule has 0 saturated heterocycles. The molecule has 30 heavy (non-hydrogen) atoms. The minimum Gasteiger partial charge on any atom is -0.348 e. The molecular weight excluding hydrogens is 378 g/mol. The van der Waals surface area contributed by atoms with Crippen LogP contribution in [0.4, 0.5) is 0 Å². The van der Waals surface area contributed by atoms with Gasteiger partial charge in [-0.1, -0.05) is 18.2 Å². The van der Waals surface area contributed by atoms with Crippen LogP contribution in [0.3, 0.4) is 0 Å². The lowest BCUT2D eigenvalue weighted by atomic mass is 10.2. The summed E-state index contributed by atoms with van der Waals surface area (Å²) in [4.78, 5) is 25.6. The first-order chi connectivity index (χ1) is 14.8. The number of carbonyl (C=O) groups is 1. The molecule has 1 amide bonds.